The van der Waals surface area contributed by atoms with Gasteiger partial charge in [0.05, 0.1) is 23.9 Å². The maximum atomic E-state index is 12.7. The van der Waals surface area contributed by atoms with Crippen LogP contribution in [-0.4, -0.2) is 29.2 Å². The van der Waals surface area contributed by atoms with Crippen LogP contribution in [0.1, 0.15) is 17.4 Å². The highest BCUT2D eigenvalue weighted by Gasteiger charge is 2.17. The monoisotopic (exact) mass is 351 g/mol. The molecule has 0 aliphatic carbocycles. The first-order valence-corrected chi connectivity index (χ1v) is 8.38. The van der Waals surface area contributed by atoms with Gasteiger partial charge in [-0.25, -0.2) is 0 Å². The first kappa shape index (κ1) is 17.8. The molecule has 0 aliphatic rings. The van der Waals surface area contributed by atoms with Crippen LogP contribution in [0.5, 0.6) is 0 Å². The maximum Gasteiger partial charge on any atom is 0.240 e. The zero-order chi connectivity index (χ0) is 18.5. The predicted octanol–water partition coefficient (Wildman–Crippen LogP) is 2.21. The van der Waals surface area contributed by atoms with Crippen LogP contribution >= 0.6 is 0 Å². The van der Waals surface area contributed by atoms with Gasteiger partial charge in [-0.05, 0) is 31.2 Å². The van der Waals surface area contributed by atoms with Crippen LogP contribution < -0.4 is 10.7 Å². The van der Waals surface area contributed by atoms with E-state index in [1.54, 1.807) is 25.4 Å². The second-order valence-electron chi connectivity index (χ2n) is 6.08. The number of rotatable bonds is 6. The third-order valence-electron chi connectivity index (χ3n) is 4.24. The molecule has 1 atom stereocenters. The SMILES string of the molecule is COCC(NC(=O)Cn1c(C)cc(=O)c2ccccc21)c1ccccn1. The normalized spacial score (nSPS) is 12.1. The molecule has 0 aliphatic heterocycles. The summed E-state index contributed by atoms with van der Waals surface area (Å²) in [6.45, 7) is 2.26. The minimum Gasteiger partial charge on any atom is -0.382 e. The Kier molecular flexibility index (Phi) is 5.43. The van der Waals surface area contributed by atoms with Crippen LogP contribution in [0.2, 0.25) is 0 Å². The topological polar surface area (TPSA) is 73.2 Å². The Bertz CT molecular complexity index is 967. The van der Waals surface area contributed by atoms with Crippen molar-refractivity contribution in [3.05, 3.63) is 76.3 Å². The molecule has 26 heavy (non-hydrogen) atoms. The van der Waals surface area contributed by atoms with Crippen LogP contribution in [0.3, 0.4) is 0 Å². The van der Waals surface area contributed by atoms with Crippen molar-refractivity contribution in [2.24, 2.45) is 0 Å². The molecule has 0 spiro atoms. The number of aromatic nitrogens is 2. The van der Waals surface area contributed by atoms with Crippen LogP contribution in [0.4, 0.5) is 0 Å². The Morgan fingerprint density at radius 3 is 2.73 bits per heavy atom. The van der Waals surface area contributed by atoms with Gasteiger partial charge in [-0.2, -0.15) is 0 Å². The average molecular weight is 351 g/mol. The molecule has 0 fully saturated rings. The molecule has 0 saturated carbocycles. The second kappa shape index (κ2) is 7.93. The highest BCUT2D eigenvalue weighted by molar-refractivity contribution is 5.82. The Balaban J connectivity index is 1.86. The van der Waals surface area contributed by atoms with Gasteiger partial charge in [0, 0.05) is 30.5 Å². The number of hydrogen-bond acceptors (Lipinski definition) is 4. The molecule has 3 rings (SSSR count). The third kappa shape index (κ3) is 3.81. The summed E-state index contributed by atoms with van der Waals surface area (Å²) >= 11 is 0. The average Bonchev–Trinajstić information content (AvgIpc) is 2.65. The second-order valence-corrected chi connectivity index (χ2v) is 6.08. The molecule has 0 bridgehead atoms. The first-order chi connectivity index (χ1) is 12.6. The van der Waals surface area contributed by atoms with Gasteiger partial charge >= 0.3 is 0 Å². The number of carbonyl (C=O) groups excluding carboxylic acids is 1. The number of nitrogens with zero attached hydrogens (tertiary/aromatic N) is 2. The van der Waals surface area contributed by atoms with Crippen molar-refractivity contribution in [1.29, 1.82) is 0 Å². The van der Waals surface area contributed by atoms with E-state index in [-0.39, 0.29) is 23.9 Å². The van der Waals surface area contributed by atoms with Crippen molar-refractivity contribution in [3.63, 3.8) is 0 Å². The van der Waals surface area contributed by atoms with E-state index >= 15 is 0 Å². The van der Waals surface area contributed by atoms with E-state index in [4.69, 9.17) is 4.74 Å². The molecule has 1 amide bonds. The number of benzene rings is 1. The molecule has 3 aromatic rings. The van der Waals surface area contributed by atoms with Gasteiger partial charge < -0.3 is 14.6 Å². The van der Waals surface area contributed by atoms with Crippen molar-refractivity contribution in [2.45, 2.75) is 19.5 Å². The van der Waals surface area contributed by atoms with E-state index in [1.165, 1.54) is 0 Å². The predicted molar refractivity (Wildman–Crippen MR) is 99.9 cm³/mol. The summed E-state index contributed by atoms with van der Waals surface area (Å²) < 4.78 is 7.06. The summed E-state index contributed by atoms with van der Waals surface area (Å²) in [6.07, 6.45) is 1.68. The summed E-state index contributed by atoms with van der Waals surface area (Å²) in [6, 6.07) is 14.1. The molecule has 6 nitrogen and oxygen atoms in total. The van der Waals surface area contributed by atoms with Gasteiger partial charge in [-0.3, -0.25) is 14.6 Å². The standard InChI is InChI=1S/C20H21N3O3/c1-14-11-19(24)15-7-3-4-9-18(15)23(14)12-20(25)22-17(13-26-2)16-8-5-6-10-21-16/h3-11,17H,12-13H2,1-2H3,(H,22,25). The van der Waals surface area contributed by atoms with Crippen LogP contribution in [0.25, 0.3) is 10.9 Å². The van der Waals surface area contributed by atoms with Gasteiger partial charge in [0.25, 0.3) is 0 Å². The van der Waals surface area contributed by atoms with Gasteiger partial charge in [0.1, 0.15) is 6.54 Å². The summed E-state index contributed by atoms with van der Waals surface area (Å²) in [5, 5.41) is 3.56. The minimum absolute atomic E-state index is 0.0412. The van der Waals surface area contributed by atoms with Gasteiger partial charge in [-0.1, -0.05) is 18.2 Å². The summed E-state index contributed by atoms with van der Waals surface area (Å²) in [4.78, 5) is 29.1. The number of pyridine rings is 2. The quantitative estimate of drug-likeness (QED) is 0.739. The fraction of sp³-hybridized carbons (Fsp3) is 0.250. The number of para-hydroxylation sites is 1. The third-order valence-corrected chi connectivity index (χ3v) is 4.24. The Morgan fingerprint density at radius 2 is 2.00 bits per heavy atom. The first-order valence-electron chi connectivity index (χ1n) is 8.38. The number of nitrogens with one attached hydrogen (secondary N) is 1. The van der Waals surface area contributed by atoms with E-state index in [9.17, 15) is 9.59 Å². The zero-order valence-corrected chi connectivity index (χ0v) is 14.8. The lowest BCUT2D eigenvalue weighted by molar-refractivity contribution is -0.122. The molecule has 134 valence electrons. The van der Waals surface area contributed by atoms with Crippen LogP contribution in [-0.2, 0) is 16.1 Å². The van der Waals surface area contributed by atoms with Crippen LogP contribution in [0, 0.1) is 6.92 Å². The molecular weight excluding hydrogens is 330 g/mol. The Hall–Kier alpha value is -2.99. The largest absolute Gasteiger partial charge is 0.382 e. The summed E-state index contributed by atoms with van der Waals surface area (Å²) in [5.41, 5.74) is 2.18. The smallest absolute Gasteiger partial charge is 0.240 e. The molecule has 1 N–H and O–H groups in total. The number of amides is 1. The summed E-state index contributed by atoms with van der Waals surface area (Å²) in [5.74, 6) is -0.172. The van der Waals surface area contributed by atoms with E-state index in [0.717, 1.165) is 16.9 Å². The van der Waals surface area contributed by atoms with Gasteiger partial charge in [0.15, 0.2) is 5.43 Å². The molecule has 1 unspecified atom stereocenters. The van der Waals surface area contributed by atoms with Crippen molar-refractivity contribution in [3.8, 4) is 0 Å². The molecule has 0 radical (unpaired) electrons. The van der Waals surface area contributed by atoms with E-state index < -0.39 is 0 Å². The lowest BCUT2D eigenvalue weighted by atomic mass is 10.1. The molecular formula is C20H21N3O3. The Morgan fingerprint density at radius 1 is 1.23 bits per heavy atom. The molecule has 1 aromatic carbocycles. The summed E-state index contributed by atoms with van der Waals surface area (Å²) in [7, 11) is 1.58. The Labute approximate surface area is 151 Å². The highest BCUT2D eigenvalue weighted by Crippen LogP contribution is 2.14. The minimum atomic E-state index is -0.334. The number of fused-ring (bicyclic) bond motifs is 1. The lowest BCUT2D eigenvalue weighted by Gasteiger charge is -2.19. The van der Waals surface area contributed by atoms with Crippen molar-refractivity contribution in [2.75, 3.05) is 13.7 Å². The number of aryl methyl sites for hydroxylation is 1. The molecule has 0 saturated heterocycles. The number of ether oxygens (including phenoxy) is 1. The van der Waals surface area contributed by atoms with Crippen molar-refractivity contribution >= 4 is 16.8 Å². The molecule has 2 heterocycles. The zero-order valence-electron chi connectivity index (χ0n) is 14.8. The molecule has 6 heteroatoms. The van der Waals surface area contributed by atoms with E-state index in [0.29, 0.717) is 12.0 Å². The fourth-order valence-electron chi connectivity index (χ4n) is 3.00. The maximum absolute atomic E-state index is 12.7. The van der Waals surface area contributed by atoms with Crippen LogP contribution in [0.15, 0.2) is 59.5 Å². The fourth-order valence-corrected chi connectivity index (χ4v) is 3.00. The molecule has 2 aromatic heterocycles. The number of hydrogen-bond donors (Lipinski definition) is 1. The van der Waals surface area contributed by atoms with Crippen molar-refractivity contribution in [1.82, 2.24) is 14.9 Å². The number of carbonyl (C=O) groups is 1. The van der Waals surface area contributed by atoms with Gasteiger partial charge in [-0.15, -0.1) is 0 Å². The lowest BCUT2D eigenvalue weighted by Crippen LogP contribution is -2.35. The van der Waals surface area contributed by atoms with E-state index in [1.807, 2.05) is 47.9 Å². The highest BCUT2D eigenvalue weighted by atomic mass is 16.5. The van der Waals surface area contributed by atoms with E-state index in [2.05, 4.69) is 10.3 Å². The number of methoxy groups -OCH3 is 1. The van der Waals surface area contributed by atoms with Gasteiger partial charge in [0.2, 0.25) is 5.91 Å². The van der Waals surface area contributed by atoms with Crippen molar-refractivity contribution < 1.29 is 9.53 Å².